The molecule has 674 valence electrons. The summed E-state index contributed by atoms with van der Waals surface area (Å²) in [6, 6.07) is 0. The largest absolute Gasteiger partial charge is 0.464 e. The van der Waals surface area contributed by atoms with Gasteiger partial charge in [0.25, 0.3) is 0 Å². The van der Waals surface area contributed by atoms with Crippen LogP contribution >= 0.6 is 143 Å². The molecule has 0 aromatic carbocycles. The van der Waals surface area contributed by atoms with Gasteiger partial charge in [0.05, 0.1) is 49.3 Å². The Labute approximate surface area is 759 Å². The van der Waals surface area contributed by atoms with Crippen molar-refractivity contribution in [1.29, 1.82) is 0 Å². The molecule has 0 spiro atoms. The van der Waals surface area contributed by atoms with Gasteiger partial charge in [0.1, 0.15) is 118 Å². The average Bonchev–Trinajstić information content (AvgIpc) is 0.845. The topological polar surface area (TPSA) is 474 Å². The summed E-state index contributed by atoms with van der Waals surface area (Å²) in [5, 5.41) is 16.0. The Morgan fingerprint density at radius 3 is 0.547 bits per heavy atom. The van der Waals surface area contributed by atoms with Crippen molar-refractivity contribution in [1.82, 2.24) is 31.9 Å². The van der Waals surface area contributed by atoms with E-state index in [0.29, 0.717) is 0 Å². The molecule has 6 amide bonds. The van der Waals surface area contributed by atoms with Gasteiger partial charge in [0.2, 0.25) is 35.4 Å². The van der Waals surface area contributed by atoms with Crippen LogP contribution in [0, 0.1) is 21.7 Å². The van der Waals surface area contributed by atoms with Crippen molar-refractivity contribution >= 4 is 233 Å². The van der Waals surface area contributed by atoms with E-state index in [9.17, 15) is 71.9 Å². The summed E-state index contributed by atoms with van der Waals surface area (Å²) in [7, 11) is 0. The highest BCUT2D eigenvalue weighted by Crippen LogP contribution is 2.33. The van der Waals surface area contributed by atoms with Crippen LogP contribution in [0.1, 0.15) is 144 Å². The number of carbonyl (C=O) groups excluding carboxylic acids is 15. The summed E-state index contributed by atoms with van der Waals surface area (Å²) in [6.45, 7) is 17.3. The summed E-state index contributed by atoms with van der Waals surface area (Å²) >= 11 is 29.3. The van der Waals surface area contributed by atoms with Gasteiger partial charge in [-0.1, -0.05) is 143 Å². The standard InChI is InChI=1S/C73H116Br9N7O28/c1-61(2,74)52(96)109-37-71(38-110-53(97)62(3,4)75,39-111-54(98)63(5,6)76)34-106-27-49(93)84-23-19-46(90)87-30-70(33-105-26-22-83,31-88-47(91)20-24-85-50(94)28-107-35-72(40-112-55(99)64(7,8)77,41-113-56(100)65(9,10)78)42-114-57(101)66(11,12)79)32-89-48(92)21-25-86-51(95)29-108-36-73(43-115-58(102)67(13,14)80,44-116-59(103)68(15,16)81)45-117-60(104)69(17,18)82/h19-45,83H2,1-18H3,(H,84,93)(H,85,94)(H,86,95)(H,87,90)(H,88,91)(H,89,92). The molecule has 0 atom stereocenters. The van der Waals surface area contributed by atoms with Gasteiger partial charge in [0, 0.05) is 70.5 Å². The van der Waals surface area contributed by atoms with Crippen LogP contribution in [0.15, 0.2) is 0 Å². The lowest BCUT2D eigenvalue weighted by Crippen LogP contribution is -2.54. The number of nitrogens with one attached hydrogen (secondary N) is 6. The number of amides is 6. The van der Waals surface area contributed by atoms with E-state index in [-0.39, 0.29) is 78.3 Å². The van der Waals surface area contributed by atoms with E-state index < -0.39 is 249 Å². The Balaban J connectivity index is 7.06. The van der Waals surface area contributed by atoms with Gasteiger partial charge in [-0.3, -0.25) is 71.9 Å². The molecule has 44 heteroatoms. The number of carbonyl (C=O) groups is 15. The first kappa shape index (κ1) is 113. The molecule has 0 saturated carbocycles. The zero-order chi connectivity index (χ0) is 90.7. The van der Waals surface area contributed by atoms with E-state index in [4.69, 9.17) is 67.3 Å². The Hall–Kier alpha value is -3.83. The van der Waals surface area contributed by atoms with Crippen molar-refractivity contribution in [3.63, 3.8) is 0 Å². The summed E-state index contributed by atoms with van der Waals surface area (Å²) in [5.41, 5.74) is -0.304. The van der Waals surface area contributed by atoms with Crippen LogP contribution in [-0.2, 0) is 133 Å². The summed E-state index contributed by atoms with van der Waals surface area (Å²) in [6.07, 6.45) is -1.08. The maximum atomic E-state index is 13.8. The number of esters is 9. The number of rotatable bonds is 58. The molecule has 0 unspecified atom stereocenters. The summed E-state index contributed by atoms with van der Waals surface area (Å²) in [4.78, 5) is 198. The van der Waals surface area contributed by atoms with E-state index in [1.165, 1.54) is 125 Å². The molecule has 35 nitrogen and oxygen atoms in total. The molecule has 0 aromatic heterocycles. The van der Waals surface area contributed by atoms with Gasteiger partial charge in [0.15, 0.2) is 0 Å². The lowest BCUT2D eigenvalue weighted by molar-refractivity contribution is -0.172. The SMILES string of the molecule is CC(C)(Br)C(=O)OCC(COCC(=O)NCCC(=O)NCC(CNC(=O)CCNC(=O)COCC(COC(=O)C(C)(C)Br)(COC(=O)C(C)(C)Br)COC(=O)C(C)(C)Br)(CNC(=O)CCNC(=O)COCC(COC(=O)C(C)(C)Br)(COC(=O)C(C)(C)Br)COC(=O)C(C)(C)Br)COCCN)(COC(=O)C(C)(C)Br)COC(=O)C(C)(C)Br. The van der Waals surface area contributed by atoms with Gasteiger partial charge in [-0.25, -0.2) is 0 Å². The van der Waals surface area contributed by atoms with Gasteiger partial charge in [-0.2, -0.15) is 0 Å². The maximum Gasteiger partial charge on any atom is 0.322 e. The molecule has 0 bridgehead atoms. The van der Waals surface area contributed by atoms with Crippen molar-refractivity contribution in [2.75, 3.05) is 158 Å². The summed E-state index contributed by atoms with van der Waals surface area (Å²) < 4.78 is 63.2. The first-order valence-electron chi connectivity index (χ1n) is 36.6. The number of hydrogen-bond acceptors (Lipinski definition) is 29. The second kappa shape index (κ2) is 50.8. The fourth-order valence-electron chi connectivity index (χ4n) is 8.28. The Morgan fingerprint density at radius 2 is 0.393 bits per heavy atom. The number of alkyl halides is 9. The fourth-order valence-corrected chi connectivity index (χ4v) is 9.31. The van der Waals surface area contributed by atoms with Gasteiger partial charge in [-0.15, -0.1) is 0 Å². The van der Waals surface area contributed by atoms with Gasteiger partial charge < -0.3 is 99.2 Å². The molecule has 0 aliphatic rings. The minimum Gasteiger partial charge on any atom is -0.464 e. The monoisotopic (exact) mass is 2250 g/mol. The molecule has 0 radical (unpaired) electrons. The molecule has 0 fully saturated rings. The molecule has 117 heavy (non-hydrogen) atoms. The fraction of sp³-hybridized carbons (Fsp3) is 0.795. The highest BCUT2D eigenvalue weighted by Gasteiger charge is 2.46. The van der Waals surface area contributed by atoms with E-state index in [1.807, 2.05) is 0 Å². The molecular weight excluding hydrogens is 2140 g/mol. The molecule has 0 rings (SSSR count). The normalized spacial score (nSPS) is 12.8. The predicted molar refractivity (Wildman–Crippen MR) is 460 cm³/mol. The van der Waals surface area contributed by atoms with Gasteiger partial charge in [-0.05, 0) is 125 Å². The number of ether oxygens (including phenoxy) is 13. The van der Waals surface area contributed by atoms with Crippen LogP contribution in [0.5, 0.6) is 0 Å². The molecule has 0 aliphatic heterocycles. The minimum absolute atomic E-state index is 0.0127. The van der Waals surface area contributed by atoms with Crippen molar-refractivity contribution in [3.05, 3.63) is 0 Å². The van der Waals surface area contributed by atoms with E-state index in [2.05, 4.69) is 175 Å². The molecular formula is C73H116Br9N7O28. The Bertz CT molecular complexity index is 2780. The molecule has 0 aromatic rings. The van der Waals surface area contributed by atoms with E-state index in [1.54, 1.807) is 0 Å². The smallest absolute Gasteiger partial charge is 0.322 e. The van der Waals surface area contributed by atoms with Crippen LogP contribution < -0.4 is 37.6 Å². The van der Waals surface area contributed by atoms with Crippen molar-refractivity contribution in [2.24, 2.45) is 27.4 Å². The van der Waals surface area contributed by atoms with Crippen LogP contribution in [0.4, 0.5) is 0 Å². The van der Waals surface area contributed by atoms with Gasteiger partial charge >= 0.3 is 53.7 Å². The third-order valence-corrected chi connectivity index (χ3v) is 18.5. The van der Waals surface area contributed by atoms with E-state index >= 15 is 0 Å². The number of nitrogens with two attached hydrogens (primary N) is 1. The zero-order valence-corrected chi connectivity index (χ0v) is 83.8. The zero-order valence-electron chi connectivity index (χ0n) is 69.5. The third kappa shape index (κ3) is 48.7. The van der Waals surface area contributed by atoms with E-state index in [0.717, 1.165) is 0 Å². The van der Waals surface area contributed by atoms with Crippen LogP contribution in [-0.4, -0.2) is 286 Å². The van der Waals surface area contributed by atoms with Crippen LogP contribution in [0.2, 0.25) is 0 Å². The lowest BCUT2D eigenvalue weighted by atomic mass is 9.88. The van der Waals surface area contributed by atoms with Crippen LogP contribution in [0.25, 0.3) is 0 Å². The lowest BCUT2D eigenvalue weighted by Gasteiger charge is -2.34. The number of halogens is 9. The average molecular weight is 2260 g/mol. The predicted octanol–water partition coefficient (Wildman–Crippen LogP) is 6.27. The highest BCUT2D eigenvalue weighted by atomic mass is 79.9. The molecule has 0 saturated heterocycles. The minimum atomic E-state index is -1.57. The Kier molecular flexibility index (Phi) is 49.2. The second-order valence-corrected chi connectivity index (χ2v) is 50.2. The third-order valence-electron chi connectivity index (χ3n) is 15.6. The van der Waals surface area contributed by atoms with Crippen molar-refractivity contribution < 1.29 is 133 Å². The second-order valence-electron chi connectivity index (χ2n) is 32.4. The summed E-state index contributed by atoms with van der Waals surface area (Å²) in [5.74, 6) is -10.8. The quantitative estimate of drug-likeness (QED) is 0.0152. The number of hydrogen-bond donors (Lipinski definition) is 7. The first-order chi connectivity index (χ1) is 53.2. The molecule has 0 heterocycles. The van der Waals surface area contributed by atoms with Crippen LogP contribution in [0.3, 0.4) is 0 Å². The maximum absolute atomic E-state index is 13.8. The molecule has 0 aliphatic carbocycles. The highest BCUT2D eigenvalue weighted by molar-refractivity contribution is 9.11. The van der Waals surface area contributed by atoms with Crippen molar-refractivity contribution in [3.8, 4) is 0 Å². The molecule has 8 N–H and O–H groups in total. The Morgan fingerprint density at radius 1 is 0.231 bits per heavy atom. The van der Waals surface area contributed by atoms with Crippen molar-refractivity contribution in [2.45, 2.75) is 183 Å². The first-order valence-corrected chi connectivity index (χ1v) is 43.7.